The standard InChI is InChI=1S/C17H16O4/c1-11(9-17(19)20)13-5-8-16(21-2)15(10-13)12-3-6-14(18)7-4-12/h3-10,18H,1-2H3,(H,19,20)/b11-9+. The normalized spacial score (nSPS) is 11.2. The molecule has 0 atom stereocenters. The first-order valence-electron chi connectivity index (χ1n) is 6.40. The number of aromatic hydroxyl groups is 1. The number of hydrogen-bond acceptors (Lipinski definition) is 3. The summed E-state index contributed by atoms with van der Waals surface area (Å²) in [5, 5.41) is 18.2. The number of aliphatic carboxylic acids is 1. The van der Waals surface area contributed by atoms with E-state index in [1.165, 1.54) is 6.08 Å². The van der Waals surface area contributed by atoms with Crippen molar-refractivity contribution < 1.29 is 19.7 Å². The molecule has 21 heavy (non-hydrogen) atoms. The first-order valence-corrected chi connectivity index (χ1v) is 6.40. The van der Waals surface area contributed by atoms with Crippen LogP contribution in [0.5, 0.6) is 11.5 Å². The number of methoxy groups -OCH3 is 1. The summed E-state index contributed by atoms with van der Waals surface area (Å²) in [5.74, 6) is -0.0992. The van der Waals surface area contributed by atoms with E-state index in [1.54, 1.807) is 44.4 Å². The van der Waals surface area contributed by atoms with E-state index in [9.17, 15) is 9.90 Å². The van der Waals surface area contributed by atoms with E-state index in [0.29, 0.717) is 11.3 Å². The highest BCUT2D eigenvalue weighted by Crippen LogP contribution is 2.33. The molecule has 0 saturated heterocycles. The molecule has 0 aliphatic heterocycles. The third-order valence-electron chi connectivity index (χ3n) is 3.17. The Bertz CT molecular complexity index is 684. The van der Waals surface area contributed by atoms with Crippen molar-refractivity contribution in [2.75, 3.05) is 7.11 Å². The third kappa shape index (κ3) is 3.42. The number of carboxylic acids is 1. The van der Waals surface area contributed by atoms with Crippen molar-refractivity contribution >= 4 is 11.5 Å². The average molecular weight is 284 g/mol. The Hall–Kier alpha value is -2.75. The Morgan fingerprint density at radius 2 is 1.81 bits per heavy atom. The van der Waals surface area contributed by atoms with Gasteiger partial charge >= 0.3 is 5.97 Å². The van der Waals surface area contributed by atoms with Crippen LogP contribution < -0.4 is 4.74 Å². The first-order chi connectivity index (χ1) is 10.0. The molecule has 0 aliphatic rings. The fraction of sp³-hybridized carbons (Fsp3) is 0.118. The molecule has 2 aromatic rings. The first kappa shape index (κ1) is 14.7. The van der Waals surface area contributed by atoms with E-state index in [4.69, 9.17) is 9.84 Å². The van der Waals surface area contributed by atoms with Gasteiger partial charge in [0.25, 0.3) is 0 Å². The average Bonchev–Trinajstić information content (AvgIpc) is 2.46. The second-order valence-corrected chi connectivity index (χ2v) is 4.63. The van der Waals surface area contributed by atoms with Gasteiger partial charge in [-0.05, 0) is 47.9 Å². The molecule has 0 saturated carbocycles. The molecule has 0 aliphatic carbocycles. The summed E-state index contributed by atoms with van der Waals surface area (Å²) in [6.45, 7) is 1.75. The minimum atomic E-state index is -0.977. The molecule has 4 heteroatoms. The van der Waals surface area contributed by atoms with E-state index < -0.39 is 5.97 Å². The van der Waals surface area contributed by atoms with Gasteiger partial charge in [0.15, 0.2) is 0 Å². The summed E-state index contributed by atoms with van der Waals surface area (Å²) in [5.41, 5.74) is 3.19. The van der Waals surface area contributed by atoms with Gasteiger partial charge in [0.1, 0.15) is 11.5 Å². The minimum Gasteiger partial charge on any atom is -0.508 e. The number of ether oxygens (including phenoxy) is 1. The molecule has 0 heterocycles. The summed E-state index contributed by atoms with van der Waals surface area (Å²) < 4.78 is 5.35. The highest BCUT2D eigenvalue weighted by Gasteiger charge is 2.09. The minimum absolute atomic E-state index is 0.191. The fourth-order valence-electron chi connectivity index (χ4n) is 2.09. The number of benzene rings is 2. The Morgan fingerprint density at radius 1 is 1.14 bits per heavy atom. The summed E-state index contributed by atoms with van der Waals surface area (Å²) >= 11 is 0. The Kier molecular flexibility index (Phi) is 4.28. The molecule has 0 aromatic heterocycles. The van der Waals surface area contributed by atoms with Gasteiger partial charge < -0.3 is 14.9 Å². The van der Waals surface area contributed by atoms with Crippen LogP contribution in [-0.4, -0.2) is 23.3 Å². The molecule has 4 nitrogen and oxygen atoms in total. The fourth-order valence-corrected chi connectivity index (χ4v) is 2.09. The van der Waals surface area contributed by atoms with Gasteiger partial charge in [-0.15, -0.1) is 0 Å². The van der Waals surface area contributed by atoms with E-state index in [1.807, 2.05) is 12.1 Å². The summed E-state index contributed by atoms with van der Waals surface area (Å²) in [7, 11) is 1.58. The summed E-state index contributed by atoms with van der Waals surface area (Å²) in [4.78, 5) is 10.8. The second kappa shape index (κ2) is 6.13. The molecule has 0 bridgehead atoms. The van der Waals surface area contributed by atoms with Gasteiger partial charge in [0.05, 0.1) is 7.11 Å². The van der Waals surface area contributed by atoms with Gasteiger partial charge in [0, 0.05) is 11.6 Å². The monoisotopic (exact) mass is 284 g/mol. The second-order valence-electron chi connectivity index (χ2n) is 4.63. The van der Waals surface area contributed by atoms with Gasteiger partial charge in [-0.2, -0.15) is 0 Å². The lowest BCUT2D eigenvalue weighted by Gasteiger charge is -2.11. The molecule has 2 N–H and O–H groups in total. The number of carboxylic acid groups (broad SMARTS) is 1. The molecule has 0 radical (unpaired) electrons. The van der Waals surface area contributed by atoms with Crippen LogP contribution >= 0.6 is 0 Å². The molecule has 2 aromatic carbocycles. The largest absolute Gasteiger partial charge is 0.508 e. The van der Waals surface area contributed by atoms with Gasteiger partial charge in [0.2, 0.25) is 0 Å². The number of phenols is 1. The number of rotatable bonds is 4. The molecule has 0 fully saturated rings. The highest BCUT2D eigenvalue weighted by atomic mass is 16.5. The maximum absolute atomic E-state index is 10.8. The number of allylic oxidation sites excluding steroid dienone is 1. The van der Waals surface area contributed by atoms with Gasteiger partial charge in [-0.1, -0.05) is 18.2 Å². The van der Waals surface area contributed by atoms with E-state index in [2.05, 4.69) is 0 Å². The van der Waals surface area contributed by atoms with Crippen molar-refractivity contribution in [1.82, 2.24) is 0 Å². The molecular weight excluding hydrogens is 268 g/mol. The lowest BCUT2D eigenvalue weighted by Crippen LogP contribution is -1.93. The molecular formula is C17H16O4. The third-order valence-corrected chi connectivity index (χ3v) is 3.17. The van der Waals surface area contributed by atoms with Crippen LogP contribution in [0.2, 0.25) is 0 Å². The molecule has 108 valence electrons. The molecule has 2 rings (SSSR count). The SMILES string of the molecule is COc1ccc(/C(C)=C/C(=O)O)cc1-c1ccc(O)cc1. The zero-order valence-electron chi connectivity index (χ0n) is 11.8. The van der Waals surface area contributed by atoms with Crippen LogP contribution in [0.3, 0.4) is 0 Å². The number of carbonyl (C=O) groups is 1. The van der Waals surface area contributed by atoms with Crippen molar-refractivity contribution in [1.29, 1.82) is 0 Å². The van der Waals surface area contributed by atoms with Crippen LogP contribution in [0.1, 0.15) is 12.5 Å². The molecule has 0 unspecified atom stereocenters. The van der Waals surface area contributed by atoms with E-state index >= 15 is 0 Å². The molecule has 0 spiro atoms. The number of hydrogen-bond donors (Lipinski definition) is 2. The quantitative estimate of drug-likeness (QED) is 0.842. The van der Waals surface area contributed by atoms with E-state index in [0.717, 1.165) is 16.7 Å². The van der Waals surface area contributed by atoms with Crippen molar-refractivity contribution in [3.8, 4) is 22.6 Å². The zero-order valence-corrected chi connectivity index (χ0v) is 11.8. The van der Waals surface area contributed by atoms with Crippen LogP contribution in [0, 0.1) is 0 Å². The van der Waals surface area contributed by atoms with E-state index in [-0.39, 0.29) is 5.75 Å². The lowest BCUT2D eigenvalue weighted by atomic mass is 9.98. The molecule has 0 amide bonds. The smallest absolute Gasteiger partial charge is 0.328 e. The Labute approximate surface area is 122 Å². The maximum Gasteiger partial charge on any atom is 0.328 e. The Balaban J connectivity index is 2.53. The van der Waals surface area contributed by atoms with Crippen LogP contribution in [0.15, 0.2) is 48.5 Å². The van der Waals surface area contributed by atoms with Crippen molar-refractivity contribution in [3.63, 3.8) is 0 Å². The summed E-state index contributed by atoms with van der Waals surface area (Å²) in [6.07, 6.45) is 1.17. The number of phenolic OH excluding ortho intramolecular Hbond substituents is 1. The Morgan fingerprint density at radius 3 is 2.38 bits per heavy atom. The zero-order chi connectivity index (χ0) is 15.4. The van der Waals surface area contributed by atoms with Gasteiger partial charge in [-0.25, -0.2) is 4.79 Å². The van der Waals surface area contributed by atoms with Crippen molar-refractivity contribution in [2.45, 2.75) is 6.92 Å². The predicted molar refractivity (Wildman–Crippen MR) is 81.4 cm³/mol. The highest BCUT2D eigenvalue weighted by molar-refractivity contribution is 5.90. The van der Waals surface area contributed by atoms with Gasteiger partial charge in [-0.3, -0.25) is 0 Å². The lowest BCUT2D eigenvalue weighted by molar-refractivity contribution is -0.131. The van der Waals surface area contributed by atoms with Crippen LogP contribution in [-0.2, 0) is 4.79 Å². The van der Waals surface area contributed by atoms with Crippen LogP contribution in [0.25, 0.3) is 16.7 Å². The topological polar surface area (TPSA) is 66.8 Å². The van der Waals surface area contributed by atoms with Crippen LogP contribution in [0.4, 0.5) is 0 Å². The predicted octanol–water partition coefficient (Wildman–Crippen LogP) is 3.56. The van der Waals surface area contributed by atoms with Crippen molar-refractivity contribution in [3.05, 3.63) is 54.1 Å². The van der Waals surface area contributed by atoms with Crippen molar-refractivity contribution in [2.24, 2.45) is 0 Å². The maximum atomic E-state index is 10.8. The summed E-state index contributed by atoms with van der Waals surface area (Å²) in [6, 6.07) is 12.3.